The van der Waals surface area contributed by atoms with E-state index in [0.717, 1.165) is 67.2 Å². The van der Waals surface area contributed by atoms with Crippen LogP contribution in [-0.4, -0.2) is 28.9 Å². The second-order valence-electron chi connectivity index (χ2n) is 7.81. The Morgan fingerprint density at radius 2 is 1.86 bits per heavy atom. The van der Waals surface area contributed by atoms with Gasteiger partial charge in [0.15, 0.2) is 0 Å². The first kappa shape index (κ1) is 17.6. The molecule has 0 atom stereocenters. The molecule has 0 radical (unpaired) electrons. The summed E-state index contributed by atoms with van der Waals surface area (Å²) >= 11 is 0. The molecular formula is C20H21F3N4O. The van der Waals surface area contributed by atoms with Crippen molar-refractivity contribution in [3.05, 3.63) is 41.2 Å². The molecule has 0 amide bonds. The van der Waals surface area contributed by atoms with Gasteiger partial charge in [0.05, 0.1) is 0 Å². The first-order valence-electron chi connectivity index (χ1n) is 9.71. The topological polar surface area (TPSA) is 50.3 Å². The summed E-state index contributed by atoms with van der Waals surface area (Å²) in [6.45, 7) is 1.28. The van der Waals surface area contributed by atoms with Gasteiger partial charge in [0, 0.05) is 31.1 Å². The molecule has 1 N–H and O–H groups in total. The summed E-state index contributed by atoms with van der Waals surface area (Å²) in [6.07, 6.45) is 0.641. The SMILES string of the molecule is FC(F)(F)Oc1ccc2c(c1)CN(c1cc(NC3CC3)nc(C3CC3)n1)CC2. The molecule has 5 rings (SSSR count). The highest BCUT2D eigenvalue weighted by Crippen LogP contribution is 2.40. The minimum atomic E-state index is -4.68. The second-order valence-corrected chi connectivity index (χ2v) is 7.81. The zero-order valence-corrected chi connectivity index (χ0v) is 15.3. The number of halogens is 3. The molecular weight excluding hydrogens is 369 g/mol. The average Bonchev–Trinajstić information content (AvgIpc) is 3.53. The van der Waals surface area contributed by atoms with Gasteiger partial charge in [0.2, 0.25) is 0 Å². The highest BCUT2D eigenvalue weighted by atomic mass is 19.4. The molecule has 8 heteroatoms. The molecule has 1 aromatic carbocycles. The van der Waals surface area contributed by atoms with Gasteiger partial charge in [-0.15, -0.1) is 13.2 Å². The normalized spacial score (nSPS) is 19.3. The predicted molar refractivity (Wildman–Crippen MR) is 98.5 cm³/mol. The summed E-state index contributed by atoms with van der Waals surface area (Å²) in [5, 5.41) is 3.45. The van der Waals surface area contributed by atoms with Gasteiger partial charge in [-0.25, -0.2) is 9.97 Å². The van der Waals surface area contributed by atoms with Crippen molar-refractivity contribution in [2.45, 2.75) is 57.0 Å². The maximum absolute atomic E-state index is 12.5. The van der Waals surface area contributed by atoms with Crippen LogP contribution in [0.3, 0.4) is 0 Å². The number of rotatable bonds is 5. The van der Waals surface area contributed by atoms with Crippen LogP contribution in [0.15, 0.2) is 24.3 Å². The molecule has 3 aliphatic rings. The summed E-state index contributed by atoms with van der Waals surface area (Å²) in [4.78, 5) is 11.6. The van der Waals surface area contributed by atoms with E-state index in [9.17, 15) is 13.2 Å². The molecule has 2 aromatic rings. The lowest BCUT2D eigenvalue weighted by molar-refractivity contribution is -0.274. The van der Waals surface area contributed by atoms with Gasteiger partial charge in [0.1, 0.15) is 23.2 Å². The van der Waals surface area contributed by atoms with Crippen molar-refractivity contribution in [1.82, 2.24) is 9.97 Å². The van der Waals surface area contributed by atoms with Crippen LogP contribution in [0.4, 0.5) is 24.8 Å². The smallest absolute Gasteiger partial charge is 0.406 e. The third-order valence-electron chi connectivity index (χ3n) is 5.35. The van der Waals surface area contributed by atoms with Crippen LogP contribution in [0.5, 0.6) is 5.75 Å². The molecule has 2 saturated carbocycles. The van der Waals surface area contributed by atoms with E-state index < -0.39 is 6.36 Å². The van der Waals surface area contributed by atoms with E-state index in [2.05, 4.69) is 19.9 Å². The van der Waals surface area contributed by atoms with Crippen molar-refractivity contribution >= 4 is 11.6 Å². The number of nitrogens with zero attached hydrogens (tertiary/aromatic N) is 3. The third kappa shape index (κ3) is 4.00. The van der Waals surface area contributed by atoms with E-state index in [1.165, 1.54) is 12.1 Å². The highest BCUT2D eigenvalue weighted by molar-refractivity contribution is 5.53. The summed E-state index contributed by atoms with van der Waals surface area (Å²) in [6, 6.07) is 7.06. The van der Waals surface area contributed by atoms with E-state index in [1.54, 1.807) is 6.07 Å². The van der Waals surface area contributed by atoms with Crippen molar-refractivity contribution < 1.29 is 17.9 Å². The summed E-state index contributed by atoms with van der Waals surface area (Å²) in [5.41, 5.74) is 1.90. The van der Waals surface area contributed by atoms with Crippen LogP contribution in [0, 0.1) is 0 Å². The average molecular weight is 390 g/mol. The van der Waals surface area contributed by atoms with Crippen LogP contribution in [0.1, 0.15) is 48.6 Å². The van der Waals surface area contributed by atoms with Crippen molar-refractivity contribution in [3.8, 4) is 5.75 Å². The van der Waals surface area contributed by atoms with E-state index in [-0.39, 0.29) is 5.75 Å². The van der Waals surface area contributed by atoms with E-state index in [4.69, 9.17) is 4.98 Å². The lowest BCUT2D eigenvalue weighted by Gasteiger charge is -2.30. The van der Waals surface area contributed by atoms with Crippen LogP contribution < -0.4 is 15.0 Å². The number of fused-ring (bicyclic) bond motifs is 1. The van der Waals surface area contributed by atoms with Gasteiger partial charge in [-0.3, -0.25) is 0 Å². The van der Waals surface area contributed by atoms with Crippen molar-refractivity contribution in [2.75, 3.05) is 16.8 Å². The molecule has 5 nitrogen and oxygen atoms in total. The number of anilines is 2. The molecule has 2 fully saturated rings. The molecule has 148 valence electrons. The summed E-state index contributed by atoms with van der Waals surface area (Å²) < 4.78 is 41.7. The molecule has 1 aliphatic heterocycles. The van der Waals surface area contributed by atoms with Crippen LogP contribution in [0.25, 0.3) is 0 Å². The monoisotopic (exact) mass is 390 g/mol. The molecule has 0 saturated heterocycles. The van der Waals surface area contributed by atoms with Gasteiger partial charge < -0.3 is 15.0 Å². The number of ether oxygens (including phenoxy) is 1. The van der Waals surface area contributed by atoms with Gasteiger partial charge in [0.25, 0.3) is 0 Å². The molecule has 2 heterocycles. The Labute approximate surface area is 160 Å². The zero-order chi connectivity index (χ0) is 19.3. The number of benzene rings is 1. The Hall–Kier alpha value is -2.51. The Morgan fingerprint density at radius 1 is 1.04 bits per heavy atom. The molecule has 0 spiro atoms. The maximum atomic E-state index is 12.5. The van der Waals surface area contributed by atoms with E-state index >= 15 is 0 Å². The Balaban J connectivity index is 1.40. The van der Waals surface area contributed by atoms with Crippen LogP contribution in [-0.2, 0) is 13.0 Å². The minimum Gasteiger partial charge on any atom is -0.406 e. The van der Waals surface area contributed by atoms with Gasteiger partial charge in [-0.1, -0.05) is 6.07 Å². The fraction of sp³-hybridized carbons (Fsp3) is 0.500. The van der Waals surface area contributed by atoms with Gasteiger partial charge in [-0.2, -0.15) is 0 Å². The molecule has 0 unspecified atom stereocenters. The second kappa shape index (κ2) is 6.53. The number of hydrogen-bond acceptors (Lipinski definition) is 5. The van der Waals surface area contributed by atoms with Gasteiger partial charge in [-0.05, 0) is 55.4 Å². The van der Waals surface area contributed by atoms with E-state index in [0.29, 0.717) is 18.5 Å². The Bertz CT molecular complexity index is 894. The standard InChI is InChI=1S/C20H21F3N4O/c21-20(22,23)28-16-6-3-12-7-8-27(11-14(12)9-16)18-10-17(24-15-4-5-15)25-19(26-18)13-1-2-13/h3,6,9-10,13,15H,1-2,4-5,7-8,11H2,(H,24,25,26). The fourth-order valence-corrected chi connectivity index (χ4v) is 3.58. The maximum Gasteiger partial charge on any atom is 0.573 e. The zero-order valence-electron chi connectivity index (χ0n) is 15.3. The molecule has 28 heavy (non-hydrogen) atoms. The van der Waals surface area contributed by atoms with E-state index in [1.807, 2.05) is 6.07 Å². The Kier molecular flexibility index (Phi) is 4.10. The summed E-state index contributed by atoms with van der Waals surface area (Å²) in [5.74, 6) is 2.83. The Morgan fingerprint density at radius 3 is 2.57 bits per heavy atom. The summed E-state index contributed by atoms with van der Waals surface area (Å²) in [7, 11) is 0. The van der Waals surface area contributed by atoms with Crippen LogP contribution in [0.2, 0.25) is 0 Å². The first-order valence-corrected chi connectivity index (χ1v) is 9.71. The number of hydrogen-bond donors (Lipinski definition) is 1. The number of aromatic nitrogens is 2. The van der Waals surface area contributed by atoms with Crippen molar-refractivity contribution in [1.29, 1.82) is 0 Å². The molecule has 1 aromatic heterocycles. The first-order chi connectivity index (χ1) is 13.4. The predicted octanol–water partition coefficient (Wildman–Crippen LogP) is 4.39. The largest absolute Gasteiger partial charge is 0.573 e. The van der Waals surface area contributed by atoms with Crippen LogP contribution >= 0.6 is 0 Å². The van der Waals surface area contributed by atoms with Crippen molar-refractivity contribution in [3.63, 3.8) is 0 Å². The lowest BCUT2D eigenvalue weighted by Crippen LogP contribution is -2.31. The van der Waals surface area contributed by atoms with Gasteiger partial charge >= 0.3 is 6.36 Å². The lowest BCUT2D eigenvalue weighted by atomic mass is 9.99. The highest BCUT2D eigenvalue weighted by Gasteiger charge is 2.32. The fourth-order valence-electron chi connectivity index (χ4n) is 3.58. The molecule has 0 bridgehead atoms. The van der Waals surface area contributed by atoms with Crippen molar-refractivity contribution in [2.24, 2.45) is 0 Å². The minimum absolute atomic E-state index is 0.175. The third-order valence-corrected chi connectivity index (χ3v) is 5.35. The molecule has 2 aliphatic carbocycles. The quantitative estimate of drug-likeness (QED) is 0.821. The number of alkyl halides is 3. The number of nitrogens with one attached hydrogen (secondary N) is 1.